The van der Waals surface area contributed by atoms with Gasteiger partial charge in [0, 0.05) is 6.54 Å². The smallest absolute Gasteiger partial charge is 0.147 e. The summed E-state index contributed by atoms with van der Waals surface area (Å²) in [5, 5.41) is 5.57. The van der Waals surface area contributed by atoms with Gasteiger partial charge < -0.3 is 5.32 Å². The summed E-state index contributed by atoms with van der Waals surface area (Å²) < 4.78 is 1.17. The summed E-state index contributed by atoms with van der Waals surface area (Å²) in [6.07, 6.45) is 3.78. The summed E-state index contributed by atoms with van der Waals surface area (Å²) >= 11 is 3.60. The molecule has 0 aliphatic rings. The lowest BCUT2D eigenvalue weighted by atomic mass is 10.2. The molecule has 1 N–H and O–H groups in total. The van der Waals surface area contributed by atoms with Crippen LogP contribution in [0, 0.1) is 12.8 Å². The zero-order chi connectivity index (χ0) is 12.3. The Morgan fingerprint density at radius 1 is 1.47 bits per heavy atom. The van der Waals surface area contributed by atoms with Gasteiger partial charge in [0.1, 0.15) is 12.1 Å². The first-order valence-electron chi connectivity index (χ1n) is 5.64. The maximum absolute atomic E-state index is 4.33. The average Bonchev–Trinajstić information content (AvgIpc) is 2.70. The molecule has 2 rings (SSSR count). The van der Waals surface area contributed by atoms with Crippen LogP contribution in [-0.4, -0.2) is 28.5 Å². The van der Waals surface area contributed by atoms with Crippen LogP contribution in [0.2, 0.25) is 0 Å². The standard InChI is InChI=1S/C12H17N3S2/c1-8(5-16-3)4-13-12-11-10(14-7-15-12)9(2)6-17-11/h6-8H,4-5H2,1-3H3,(H,13,14,15). The van der Waals surface area contributed by atoms with E-state index in [4.69, 9.17) is 0 Å². The van der Waals surface area contributed by atoms with Crippen molar-refractivity contribution < 1.29 is 0 Å². The van der Waals surface area contributed by atoms with Gasteiger partial charge in [-0.3, -0.25) is 0 Å². The van der Waals surface area contributed by atoms with Crippen molar-refractivity contribution in [3.05, 3.63) is 17.3 Å². The molecule has 17 heavy (non-hydrogen) atoms. The van der Waals surface area contributed by atoms with E-state index in [0.717, 1.165) is 17.9 Å². The first kappa shape index (κ1) is 12.6. The summed E-state index contributed by atoms with van der Waals surface area (Å²) in [5.74, 6) is 2.79. The molecule has 0 aromatic carbocycles. The number of thiophene rings is 1. The van der Waals surface area contributed by atoms with Crippen LogP contribution >= 0.6 is 23.1 Å². The van der Waals surface area contributed by atoms with Gasteiger partial charge in [0.2, 0.25) is 0 Å². The van der Waals surface area contributed by atoms with E-state index in [0.29, 0.717) is 5.92 Å². The topological polar surface area (TPSA) is 37.8 Å². The lowest BCUT2D eigenvalue weighted by molar-refractivity contribution is 0.700. The summed E-state index contributed by atoms with van der Waals surface area (Å²) in [5.41, 5.74) is 2.30. The van der Waals surface area contributed by atoms with Crippen LogP contribution in [-0.2, 0) is 0 Å². The molecule has 3 nitrogen and oxygen atoms in total. The first-order valence-corrected chi connectivity index (χ1v) is 7.91. The molecule has 0 bridgehead atoms. The van der Waals surface area contributed by atoms with Crippen LogP contribution in [0.1, 0.15) is 12.5 Å². The predicted octanol–water partition coefficient (Wildman–Crippen LogP) is 3.41. The van der Waals surface area contributed by atoms with Crippen LogP contribution in [0.3, 0.4) is 0 Å². The molecular weight excluding hydrogens is 250 g/mol. The van der Waals surface area contributed by atoms with Gasteiger partial charge in [-0.2, -0.15) is 11.8 Å². The molecule has 0 saturated carbocycles. The van der Waals surface area contributed by atoms with Gasteiger partial charge in [0.25, 0.3) is 0 Å². The zero-order valence-electron chi connectivity index (χ0n) is 10.4. The molecule has 0 amide bonds. The van der Waals surface area contributed by atoms with Crippen molar-refractivity contribution in [3.63, 3.8) is 0 Å². The Morgan fingerprint density at radius 2 is 2.29 bits per heavy atom. The van der Waals surface area contributed by atoms with Gasteiger partial charge in [0.05, 0.1) is 10.2 Å². The molecule has 1 unspecified atom stereocenters. The molecule has 5 heteroatoms. The number of nitrogens with zero attached hydrogens (tertiary/aromatic N) is 2. The number of hydrogen-bond acceptors (Lipinski definition) is 5. The predicted molar refractivity (Wildman–Crippen MR) is 78.2 cm³/mol. The number of fused-ring (bicyclic) bond motifs is 1. The van der Waals surface area contributed by atoms with Crippen molar-refractivity contribution in [2.75, 3.05) is 23.9 Å². The van der Waals surface area contributed by atoms with Crippen molar-refractivity contribution >= 4 is 39.1 Å². The summed E-state index contributed by atoms with van der Waals surface area (Å²) in [6.45, 7) is 5.30. The third-order valence-electron chi connectivity index (χ3n) is 2.60. The number of thioether (sulfide) groups is 1. The molecule has 2 aromatic rings. The minimum absolute atomic E-state index is 0.649. The van der Waals surface area contributed by atoms with Gasteiger partial charge in [-0.05, 0) is 35.8 Å². The van der Waals surface area contributed by atoms with Gasteiger partial charge in [-0.1, -0.05) is 6.92 Å². The molecule has 0 fully saturated rings. The fourth-order valence-electron chi connectivity index (χ4n) is 1.71. The Hall–Kier alpha value is -0.810. The largest absolute Gasteiger partial charge is 0.368 e. The van der Waals surface area contributed by atoms with E-state index >= 15 is 0 Å². The molecule has 1 atom stereocenters. The Morgan fingerprint density at radius 3 is 3.06 bits per heavy atom. The normalized spacial score (nSPS) is 12.9. The molecule has 0 aliphatic heterocycles. The number of aryl methyl sites for hydroxylation is 1. The fourth-order valence-corrected chi connectivity index (χ4v) is 3.36. The Kier molecular flexibility index (Phi) is 4.23. The minimum Gasteiger partial charge on any atom is -0.368 e. The van der Waals surface area contributed by atoms with Crippen LogP contribution in [0.15, 0.2) is 11.7 Å². The number of aromatic nitrogens is 2. The zero-order valence-corrected chi connectivity index (χ0v) is 12.0. The van der Waals surface area contributed by atoms with Crippen molar-refractivity contribution in [1.82, 2.24) is 9.97 Å². The van der Waals surface area contributed by atoms with Gasteiger partial charge in [-0.15, -0.1) is 11.3 Å². The SMILES string of the molecule is CSCC(C)CNc1ncnc2c(C)csc12. The third-order valence-corrected chi connectivity index (χ3v) is 4.60. The van der Waals surface area contributed by atoms with Gasteiger partial charge in [-0.25, -0.2) is 9.97 Å². The van der Waals surface area contributed by atoms with Gasteiger partial charge in [0.15, 0.2) is 0 Å². The quantitative estimate of drug-likeness (QED) is 0.901. The van der Waals surface area contributed by atoms with Crippen molar-refractivity contribution in [2.45, 2.75) is 13.8 Å². The highest BCUT2D eigenvalue weighted by molar-refractivity contribution is 7.98. The second kappa shape index (κ2) is 5.69. The minimum atomic E-state index is 0.649. The summed E-state index contributed by atoms with van der Waals surface area (Å²) in [7, 11) is 0. The van der Waals surface area contributed by atoms with Crippen LogP contribution in [0.25, 0.3) is 10.2 Å². The maximum atomic E-state index is 4.33. The second-order valence-electron chi connectivity index (χ2n) is 4.26. The molecular formula is C12H17N3S2. The fraction of sp³-hybridized carbons (Fsp3) is 0.500. The highest BCUT2D eigenvalue weighted by Crippen LogP contribution is 2.28. The van der Waals surface area contributed by atoms with Crippen LogP contribution in [0.5, 0.6) is 0 Å². The van der Waals surface area contributed by atoms with E-state index in [1.807, 2.05) is 11.8 Å². The monoisotopic (exact) mass is 267 g/mol. The van der Waals surface area contributed by atoms with Gasteiger partial charge >= 0.3 is 0 Å². The van der Waals surface area contributed by atoms with Crippen molar-refractivity contribution in [1.29, 1.82) is 0 Å². The summed E-state index contributed by atoms with van der Waals surface area (Å²) in [4.78, 5) is 8.65. The molecule has 2 heterocycles. The lowest BCUT2D eigenvalue weighted by Crippen LogP contribution is -2.14. The molecule has 0 saturated heterocycles. The highest BCUT2D eigenvalue weighted by Gasteiger charge is 2.08. The number of nitrogens with one attached hydrogen (secondary N) is 1. The van der Waals surface area contributed by atoms with Crippen LogP contribution < -0.4 is 5.32 Å². The van der Waals surface area contributed by atoms with E-state index in [1.54, 1.807) is 17.7 Å². The molecule has 0 aliphatic carbocycles. The second-order valence-corrected chi connectivity index (χ2v) is 6.05. The number of hydrogen-bond donors (Lipinski definition) is 1. The van der Waals surface area contributed by atoms with E-state index in [1.165, 1.54) is 16.0 Å². The lowest BCUT2D eigenvalue weighted by Gasteiger charge is -2.11. The number of anilines is 1. The average molecular weight is 267 g/mol. The maximum Gasteiger partial charge on any atom is 0.147 e. The van der Waals surface area contributed by atoms with E-state index in [2.05, 4.69) is 40.8 Å². The molecule has 0 spiro atoms. The molecule has 92 valence electrons. The Balaban J connectivity index is 2.13. The Bertz CT molecular complexity index is 495. The van der Waals surface area contributed by atoms with Crippen molar-refractivity contribution in [3.8, 4) is 0 Å². The first-order chi connectivity index (χ1) is 8.22. The van der Waals surface area contributed by atoms with E-state index in [-0.39, 0.29) is 0 Å². The van der Waals surface area contributed by atoms with E-state index < -0.39 is 0 Å². The van der Waals surface area contributed by atoms with Crippen LogP contribution in [0.4, 0.5) is 5.82 Å². The summed E-state index contributed by atoms with van der Waals surface area (Å²) in [6, 6.07) is 0. The number of rotatable bonds is 5. The molecule has 0 radical (unpaired) electrons. The van der Waals surface area contributed by atoms with E-state index in [9.17, 15) is 0 Å². The third kappa shape index (κ3) is 2.90. The van der Waals surface area contributed by atoms with Crippen molar-refractivity contribution in [2.24, 2.45) is 5.92 Å². The molecule has 2 aromatic heterocycles. The Labute approximate surface area is 110 Å². The highest BCUT2D eigenvalue weighted by atomic mass is 32.2.